The lowest BCUT2D eigenvalue weighted by molar-refractivity contribution is -0.134. The predicted molar refractivity (Wildman–Crippen MR) is 109 cm³/mol. The van der Waals surface area contributed by atoms with Gasteiger partial charge in [0.1, 0.15) is 5.82 Å². The zero-order chi connectivity index (χ0) is 18.6. The summed E-state index contributed by atoms with van der Waals surface area (Å²) in [6, 6.07) is 6.14. The van der Waals surface area contributed by atoms with E-state index in [0.29, 0.717) is 17.7 Å². The molecule has 1 saturated carbocycles. The van der Waals surface area contributed by atoms with E-state index in [-0.39, 0.29) is 0 Å². The van der Waals surface area contributed by atoms with E-state index in [1.807, 2.05) is 12.3 Å². The van der Waals surface area contributed by atoms with Crippen LogP contribution < -0.4 is 4.90 Å². The minimum atomic E-state index is 0.402. The number of nitrogens with zero attached hydrogens (tertiary/aromatic N) is 4. The van der Waals surface area contributed by atoms with Crippen LogP contribution in [-0.2, 0) is 4.79 Å². The predicted octanol–water partition coefficient (Wildman–Crippen LogP) is 2.88. The smallest absolute Gasteiger partial charge is 0.222 e. The van der Waals surface area contributed by atoms with E-state index in [1.165, 1.54) is 25.7 Å². The summed E-state index contributed by atoms with van der Waals surface area (Å²) < 4.78 is 0. The van der Waals surface area contributed by atoms with Crippen LogP contribution in [0.15, 0.2) is 24.4 Å². The van der Waals surface area contributed by atoms with Gasteiger partial charge in [-0.15, -0.1) is 0 Å². The van der Waals surface area contributed by atoms with Crippen molar-refractivity contribution in [3.05, 3.63) is 24.4 Å². The number of likely N-dealkylation sites (tertiary alicyclic amines) is 1. The molecule has 0 N–H and O–H groups in total. The zero-order valence-corrected chi connectivity index (χ0v) is 16.7. The number of hydrogen-bond acceptors (Lipinski definition) is 4. The normalized spacial score (nSPS) is 25.4. The highest BCUT2D eigenvalue weighted by molar-refractivity contribution is 5.76. The molecule has 1 aromatic rings. The molecule has 0 radical (unpaired) electrons. The molecule has 0 unspecified atom stereocenters. The van der Waals surface area contributed by atoms with Crippen molar-refractivity contribution in [1.82, 2.24) is 14.8 Å². The fourth-order valence-corrected chi connectivity index (χ4v) is 4.74. The zero-order valence-electron chi connectivity index (χ0n) is 16.7. The van der Waals surface area contributed by atoms with E-state index in [1.54, 1.807) is 0 Å². The summed E-state index contributed by atoms with van der Waals surface area (Å²) >= 11 is 0. The monoisotopic (exact) mass is 370 g/mol. The van der Waals surface area contributed by atoms with Crippen LogP contribution in [0.25, 0.3) is 0 Å². The molecule has 2 aliphatic heterocycles. The topological polar surface area (TPSA) is 39.7 Å². The first-order chi connectivity index (χ1) is 13.2. The molecule has 3 aliphatic rings. The lowest BCUT2D eigenvalue weighted by atomic mass is 9.95. The second kappa shape index (κ2) is 8.59. The summed E-state index contributed by atoms with van der Waals surface area (Å²) in [4.78, 5) is 24.3. The Morgan fingerprint density at radius 3 is 2.67 bits per heavy atom. The summed E-state index contributed by atoms with van der Waals surface area (Å²) in [7, 11) is 0. The van der Waals surface area contributed by atoms with Crippen molar-refractivity contribution in [1.29, 1.82) is 0 Å². The van der Waals surface area contributed by atoms with Gasteiger partial charge in [-0.2, -0.15) is 0 Å². The Balaban J connectivity index is 1.22. The quantitative estimate of drug-likeness (QED) is 0.772. The van der Waals surface area contributed by atoms with Crippen molar-refractivity contribution >= 4 is 11.7 Å². The van der Waals surface area contributed by atoms with Gasteiger partial charge in [-0.25, -0.2) is 4.98 Å². The van der Waals surface area contributed by atoms with E-state index in [0.717, 1.165) is 64.0 Å². The first-order valence-electron chi connectivity index (χ1n) is 10.8. The molecule has 27 heavy (non-hydrogen) atoms. The molecule has 1 aliphatic carbocycles. The number of hydrogen-bond donors (Lipinski definition) is 0. The molecular formula is C22H34N4O. The second-order valence-electron chi connectivity index (χ2n) is 8.84. The third kappa shape index (κ3) is 5.01. The van der Waals surface area contributed by atoms with Crippen LogP contribution in [0.4, 0.5) is 5.82 Å². The minimum Gasteiger partial charge on any atom is -0.354 e. The lowest BCUT2D eigenvalue weighted by Crippen LogP contribution is -2.50. The summed E-state index contributed by atoms with van der Waals surface area (Å²) in [6.45, 7) is 9.63. The van der Waals surface area contributed by atoms with Gasteiger partial charge in [-0.05, 0) is 55.6 Å². The summed E-state index contributed by atoms with van der Waals surface area (Å²) in [5.74, 6) is 3.54. The molecule has 3 fully saturated rings. The van der Waals surface area contributed by atoms with Gasteiger partial charge in [-0.3, -0.25) is 9.69 Å². The lowest BCUT2D eigenvalue weighted by Gasteiger charge is -2.40. The second-order valence-corrected chi connectivity index (χ2v) is 8.84. The Kier molecular flexibility index (Phi) is 5.96. The summed E-state index contributed by atoms with van der Waals surface area (Å²) in [5.41, 5.74) is 0. The van der Waals surface area contributed by atoms with Crippen molar-refractivity contribution in [3.8, 4) is 0 Å². The summed E-state index contributed by atoms with van der Waals surface area (Å²) in [5, 5.41) is 0. The molecular weight excluding hydrogens is 336 g/mol. The van der Waals surface area contributed by atoms with Crippen LogP contribution in [0.3, 0.4) is 0 Å². The summed E-state index contributed by atoms with van der Waals surface area (Å²) in [6.07, 6.45) is 7.74. The highest BCUT2D eigenvalue weighted by Gasteiger charge is 2.32. The molecule has 1 amide bonds. The maximum atomic E-state index is 12.7. The Morgan fingerprint density at radius 2 is 1.96 bits per heavy atom. The standard InChI is InChI=1S/C22H34N4O/c1-18(20-7-8-20)15-22(27)26-10-4-5-19(17-26)16-24-11-13-25(14-12-24)21-6-2-3-9-23-21/h2-3,6,9,18-20H,4-5,7-8,10-17H2,1H3/t18-,19-/m0/s1. The number of aromatic nitrogens is 1. The van der Waals surface area contributed by atoms with Gasteiger partial charge in [-0.1, -0.05) is 13.0 Å². The van der Waals surface area contributed by atoms with Crippen molar-refractivity contribution in [2.24, 2.45) is 17.8 Å². The molecule has 3 heterocycles. The number of carbonyl (C=O) groups excluding carboxylic acids is 1. The average Bonchev–Trinajstić information content (AvgIpc) is 3.55. The molecule has 2 saturated heterocycles. The van der Waals surface area contributed by atoms with E-state index >= 15 is 0 Å². The van der Waals surface area contributed by atoms with Crippen LogP contribution >= 0.6 is 0 Å². The van der Waals surface area contributed by atoms with Gasteiger partial charge >= 0.3 is 0 Å². The highest BCUT2D eigenvalue weighted by atomic mass is 16.2. The van der Waals surface area contributed by atoms with Crippen LogP contribution in [-0.4, -0.2) is 66.5 Å². The molecule has 148 valence electrons. The number of amides is 1. The number of anilines is 1. The Hall–Kier alpha value is -1.62. The number of carbonyl (C=O) groups is 1. The fraction of sp³-hybridized carbons (Fsp3) is 0.727. The van der Waals surface area contributed by atoms with Crippen molar-refractivity contribution in [2.75, 3.05) is 50.7 Å². The molecule has 0 bridgehead atoms. The largest absolute Gasteiger partial charge is 0.354 e. The van der Waals surface area contributed by atoms with Gasteiger partial charge < -0.3 is 9.80 Å². The van der Waals surface area contributed by atoms with E-state index in [4.69, 9.17) is 0 Å². The molecule has 0 spiro atoms. The fourth-order valence-electron chi connectivity index (χ4n) is 4.74. The Morgan fingerprint density at radius 1 is 1.15 bits per heavy atom. The van der Waals surface area contributed by atoms with E-state index < -0.39 is 0 Å². The highest BCUT2D eigenvalue weighted by Crippen LogP contribution is 2.38. The van der Waals surface area contributed by atoms with Crippen molar-refractivity contribution < 1.29 is 4.79 Å². The van der Waals surface area contributed by atoms with Crippen LogP contribution in [0.5, 0.6) is 0 Å². The molecule has 2 atom stereocenters. The maximum absolute atomic E-state index is 12.7. The average molecular weight is 371 g/mol. The molecule has 1 aromatic heterocycles. The Labute approximate surface area is 163 Å². The van der Waals surface area contributed by atoms with Gasteiger partial charge in [0, 0.05) is 58.4 Å². The van der Waals surface area contributed by atoms with E-state index in [9.17, 15) is 4.79 Å². The SMILES string of the molecule is C[C@@H](CC(=O)N1CCC[C@@H](CN2CCN(c3ccccn3)CC2)C1)C1CC1. The molecule has 5 heteroatoms. The Bertz CT molecular complexity index is 610. The van der Waals surface area contributed by atoms with Crippen molar-refractivity contribution in [3.63, 3.8) is 0 Å². The van der Waals surface area contributed by atoms with Crippen LogP contribution in [0, 0.1) is 17.8 Å². The molecule has 0 aromatic carbocycles. The van der Waals surface area contributed by atoms with Gasteiger partial charge in [0.15, 0.2) is 0 Å². The number of rotatable bonds is 6. The van der Waals surface area contributed by atoms with Crippen molar-refractivity contribution in [2.45, 2.75) is 39.0 Å². The minimum absolute atomic E-state index is 0.402. The van der Waals surface area contributed by atoms with Crippen LogP contribution in [0.2, 0.25) is 0 Å². The van der Waals surface area contributed by atoms with Gasteiger partial charge in [0.2, 0.25) is 5.91 Å². The number of piperazine rings is 1. The first kappa shape index (κ1) is 18.7. The maximum Gasteiger partial charge on any atom is 0.222 e. The van der Waals surface area contributed by atoms with Gasteiger partial charge in [0.25, 0.3) is 0 Å². The first-order valence-corrected chi connectivity index (χ1v) is 10.8. The van der Waals surface area contributed by atoms with Crippen LogP contribution in [0.1, 0.15) is 39.0 Å². The molecule has 5 nitrogen and oxygen atoms in total. The van der Waals surface area contributed by atoms with Gasteiger partial charge in [0.05, 0.1) is 0 Å². The number of piperidine rings is 1. The third-order valence-corrected chi connectivity index (χ3v) is 6.66. The third-order valence-electron chi connectivity index (χ3n) is 6.66. The molecule has 4 rings (SSSR count). The number of pyridine rings is 1. The van der Waals surface area contributed by atoms with E-state index in [2.05, 4.69) is 38.7 Å².